The van der Waals surface area contributed by atoms with Gasteiger partial charge in [-0.1, -0.05) is 15.9 Å². The van der Waals surface area contributed by atoms with E-state index in [-0.39, 0.29) is 18.0 Å². The van der Waals surface area contributed by atoms with Crippen LogP contribution >= 0.6 is 15.9 Å². The van der Waals surface area contributed by atoms with Crippen LogP contribution < -0.4 is 0 Å². The molecule has 0 radical (unpaired) electrons. The number of aromatic nitrogens is 3. The average molecular weight is 523 g/mol. The number of fused-ring (bicyclic) bond motifs is 5. The quantitative estimate of drug-likeness (QED) is 0.326. The molecule has 1 fully saturated rings. The molecule has 2 aromatic carbocycles. The van der Waals surface area contributed by atoms with Crippen LogP contribution in [0.25, 0.3) is 22.2 Å². The number of carbonyl (C=O) groups excluding carboxylic acids is 1. The molecular formula is C26H21BrF2N4O. The Labute approximate surface area is 203 Å². The fourth-order valence-corrected chi connectivity index (χ4v) is 6.03. The Bertz CT molecular complexity index is 1450. The van der Waals surface area contributed by atoms with Crippen LogP contribution in [-0.2, 0) is 13.5 Å². The van der Waals surface area contributed by atoms with E-state index in [0.29, 0.717) is 17.5 Å². The number of pyridine rings is 1. The molecule has 8 heteroatoms. The first kappa shape index (κ1) is 21.4. The molecular weight excluding hydrogens is 502 g/mol. The van der Waals surface area contributed by atoms with E-state index in [1.807, 2.05) is 29.2 Å². The van der Waals surface area contributed by atoms with Gasteiger partial charge in [-0.05, 0) is 62.1 Å². The van der Waals surface area contributed by atoms with Crippen molar-refractivity contribution in [2.75, 3.05) is 0 Å². The molecule has 2 aliphatic rings. The fourth-order valence-electron chi connectivity index (χ4n) is 5.60. The minimum absolute atomic E-state index is 0.00754. The van der Waals surface area contributed by atoms with E-state index in [9.17, 15) is 13.6 Å². The highest BCUT2D eigenvalue weighted by molar-refractivity contribution is 9.10. The standard InChI is InChI=1S/C26H21BrF2N4O/c1-32-25(15-9-16(28)12-17(29)10-15)20-13-18-3-2-4-23(24(20)31-32)33(18)26(34)14-5-6-22-19(11-14)21(27)7-8-30-22/h5-12,18,23H,2-4,13H2,1H3/t18-,23?/m0/s1. The van der Waals surface area contributed by atoms with Crippen LogP contribution in [-0.4, -0.2) is 31.6 Å². The molecule has 4 aromatic rings. The summed E-state index contributed by atoms with van der Waals surface area (Å²) in [5.74, 6) is -1.26. The summed E-state index contributed by atoms with van der Waals surface area (Å²) < 4.78 is 30.5. The Morgan fingerprint density at radius 3 is 2.68 bits per heavy atom. The van der Waals surface area contributed by atoms with Gasteiger partial charge in [0.05, 0.1) is 22.9 Å². The summed E-state index contributed by atoms with van der Waals surface area (Å²) in [4.78, 5) is 20.1. The molecule has 0 N–H and O–H groups in total. The molecule has 0 aliphatic carbocycles. The number of carbonyl (C=O) groups is 1. The third-order valence-corrected chi connectivity index (χ3v) is 7.67. The molecule has 6 rings (SSSR count). The second-order valence-corrected chi connectivity index (χ2v) is 9.89. The zero-order valence-electron chi connectivity index (χ0n) is 18.4. The summed E-state index contributed by atoms with van der Waals surface area (Å²) in [6.07, 6.45) is 5.03. The molecule has 2 atom stereocenters. The van der Waals surface area contributed by atoms with Crippen LogP contribution in [0.3, 0.4) is 0 Å². The number of hydrogen-bond donors (Lipinski definition) is 0. The van der Waals surface area contributed by atoms with Crippen LogP contribution in [0, 0.1) is 11.6 Å². The molecule has 2 aromatic heterocycles. The fraction of sp³-hybridized carbons (Fsp3) is 0.269. The summed E-state index contributed by atoms with van der Waals surface area (Å²) in [5, 5.41) is 5.65. The lowest BCUT2D eigenvalue weighted by atomic mass is 9.81. The largest absolute Gasteiger partial charge is 0.327 e. The zero-order chi connectivity index (χ0) is 23.6. The Kier molecular flexibility index (Phi) is 5.02. The number of rotatable bonds is 2. The maximum absolute atomic E-state index is 14.0. The van der Waals surface area contributed by atoms with Gasteiger partial charge in [-0.25, -0.2) is 8.78 Å². The molecule has 1 amide bonds. The van der Waals surface area contributed by atoms with Crippen molar-refractivity contribution in [3.63, 3.8) is 0 Å². The molecule has 5 nitrogen and oxygen atoms in total. The van der Waals surface area contributed by atoms with E-state index < -0.39 is 11.6 Å². The predicted octanol–water partition coefficient (Wildman–Crippen LogP) is 5.97. The number of halogens is 3. The molecule has 34 heavy (non-hydrogen) atoms. The van der Waals surface area contributed by atoms with Crippen molar-refractivity contribution in [3.05, 3.63) is 81.6 Å². The lowest BCUT2D eigenvalue weighted by molar-refractivity contribution is 0.0392. The van der Waals surface area contributed by atoms with E-state index in [4.69, 9.17) is 5.10 Å². The molecule has 1 saturated heterocycles. The summed E-state index contributed by atoms with van der Waals surface area (Å²) in [6.45, 7) is 0. The predicted molar refractivity (Wildman–Crippen MR) is 128 cm³/mol. The normalized spacial score (nSPS) is 19.4. The van der Waals surface area contributed by atoms with Gasteiger partial charge in [0.25, 0.3) is 5.91 Å². The Morgan fingerprint density at radius 2 is 1.88 bits per heavy atom. The van der Waals surface area contributed by atoms with Crippen LogP contribution in [0.1, 0.15) is 46.9 Å². The van der Waals surface area contributed by atoms with Crippen molar-refractivity contribution in [1.29, 1.82) is 0 Å². The monoisotopic (exact) mass is 522 g/mol. The molecule has 4 heterocycles. The minimum Gasteiger partial charge on any atom is -0.327 e. The van der Waals surface area contributed by atoms with Gasteiger partial charge in [-0.2, -0.15) is 5.10 Å². The van der Waals surface area contributed by atoms with Gasteiger partial charge in [0.15, 0.2) is 0 Å². The van der Waals surface area contributed by atoms with Crippen molar-refractivity contribution in [2.24, 2.45) is 7.05 Å². The number of aryl methyl sites for hydroxylation is 1. The Balaban J connectivity index is 1.43. The molecule has 1 unspecified atom stereocenters. The maximum atomic E-state index is 14.0. The van der Waals surface area contributed by atoms with Crippen molar-refractivity contribution >= 4 is 32.7 Å². The van der Waals surface area contributed by atoms with Crippen molar-refractivity contribution in [3.8, 4) is 11.3 Å². The highest BCUT2D eigenvalue weighted by Crippen LogP contribution is 2.45. The second kappa shape index (κ2) is 7.98. The van der Waals surface area contributed by atoms with Gasteiger partial charge in [-0.3, -0.25) is 14.5 Å². The number of benzene rings is 2. The number of amides is 1. The van der Waals surface area contributed by atoms with E-state index in [0.717, 1.165) is 57.7 Å². The minimum atomic E-state index is -0.616. The lowest BCUT2D eigenvalue weighted by Gasteiger charge is -2.45. The molecule has 2 aliphatic heterocycles. The number of nitrogens with zero attached hydrogens (tertiary/aromatic N) is 4. The van der Waals surface area contributed by atoms with E-state index >= 15 is 0 Å². The smallest absolute Gasteiger partial charge is 0.254 e. The van der Waals surface area contributed by atoms with Gasteiger partial charge in [0, 0.05) is 51.9 Å². The van der Waals surface area contributed by atoms with Crippen LogP contribution in [0.2, 0.25) is 0 Å². The first-order valence-electron chi connectivity index (χ1n) is 11.3. The highest BCUT2D eigenvalue weighted by Gasteiger charge is 2.43. The van der Waals surface area contributed by atoms with Gasteiger partial charge in [0.1, 0.15) is 11.6 Å². The topological polar surface area (TPSA) is 51.0 Å². The van der Waals surface area contributed by atoms with Crippen molar-refractivity contribution in [1.82, 2.24) is 19.7 Å². The van der Waals surface area contributed by atoms with E-state index in [2.05, 4.69) is 20.9 Å². The third-order valence-electron chi connectivity index (χ3n) is 6.98. The van der Waals surface area contributed by atoms with Crippen molar-refractivity contribution < 1.29 is 13.6 Å². The van der Waals surface area contributed by atoms with Gasteiger partial charge in [-0.15, -0.1) is 0 Å². The van der Waals surface area contributed by atoms with E-state index in [1.54, 1.807) is 17.9 Å². The first-order valence-corrected chi connectivity index (χ1v) is 12.1. The van der Waals surface area contributed by atoms with Crippen LogP contribution in [0.15, 0.2) is 53.1 Å². The number of hydrogen-bond acceptors (Lipinski definition) is 3. The van der Waals surface area contributed by atoms with Crippen LogP contribution in [0.4, 0.5) is 8.78 Å². The number of piperidine rings is 1. The van der Waals surface area contributed by atoms with Crippen molar-refractivity contribution in [2.45, 2.75) is 37.8 Å². The van der Waals surface area contributed by atoms with E-state index in [1.165, 1.54) is 12.1 Å². The van der Waals surface area contributed by atoms with Gasteiger partial charge in [0.2, 0.25) is 0 Å². The maximum Gasteiger partial charge on any atom is 0.254 e. The third kappa shape index (κ3) is 3.35. The summed E-state index contributed by atoms with van der Waals surface area (Å²) in [6, 6.07) is 10.9. The molecule has 0 saturated carbocycles. The van der Waals surface area contributed by atoms with Gasteiger partial charge < -0.3 is 4.90 Å². The summed E-state index contributed by atoms with van der Waals surface area (Å²) in [7, 11) is 1.79. The Morgan fingerprint density at radius 1 is 1.09 bits per heavy atom. The molecule has 172 valence electrons. The SMILES string of the molecule is Cn1nc2c(c1-c1cc(F)cc(F)c1)C[C@@H]1CCCC2N1C(=O)c1ccc2nccc(Br)c2c1. The Hall–Kier alpha value is -3.13. The van der Waals surface area contributed by atoms with Gasteiger partial charge >= 0.3 is 0 Å². The summed E-state index contributed by atoms with van der Waals surface area (Å²) >= 11 is 3.56. The zero-order valence-corrected chi connectivity index (χ0v) is 20.0. The highest BCUT2D eigenvalue weighted by atomic mass is 79.9. The lowest BCUT2D eigenvalue weighted by Crippen LogP contribution is -2.49. The molecule has 2 bridgehead atoms. The second-order valence-electron chi connectivity index (χ2n) is 9.04. The van der Waals surface area contributed by atoms with Crippen LogP contribution in [0.5, 0.6) is 0 Å². The first-order chi connectivity index (χ1) is 16.4. The average Bonchev–Trinajstić information content (AvgIpc) is 3.13. The molecule has 0 spiro atoms. The summed E-state index contributed by atoms with van der Waals surface area (Å²) in [5.41, 5.74) is 4.44.